The van der Waals surface area contributed by atoms with Crippen molar-refractivity contribution in [3.05, 3.63) is 12.7 Å². The molecule has 0 aliphatic carbocycles. The van der Waals surface area contributed by atoms with Crippen molar-refractivity contribution in [1.82, 2.24) is 0 Å². The van der Waals surface area contributed by atoms with Crippen LogP contribution in [0.3, 0.4) is 0 Å². The Morgan fingerprint density at radius 3 is 2.33 bits per heavy atom. The minimum Gasteiger partial charge on any atom is -0.462 e. The second-order valence-corrected chi connectivity index (χ2v) is 2.87. The molecule has 0 fully saturated rings. The highest BCUT2D eigenvalue weighted by Gasteiger charge is 2.17. The molecule has 15 heavy (non-hydrogen) atoms. The smallest absolute Gasteiger partial charge is 0.330 e. The van der Waals surface area contributed by atoms with Crippen molar-refractivity contribution in [3.8, 4) is 0 Å². The lowest BCUT2D eigenvalue weighted by Crippen LogP contribution is -2.26. The Hall–Kier alpha value is -1.65. The number of hydrogen-bond acceptors (Lipinski definition) is 5. The quantitative estimate of drug-likeness (QED) is 0.479. The molecule has 0 bridgehead atoms. The van der Waals surface area contributed by atoms with E-state index in [-0.39, 0.29) is 18.8 Å². The Bertz CT molecular complexity index is 269. The van der Waals surface area contributed by atoms with Gasteiger partial charge in [0.15, 0.2) is 11.9 Å². The van der Waals surface area contributed by atoms with Crippen LogP contribution < -0.4 is 0 Å². The fourth-order valence-corrected chi connectivity index (χ4v) is 0.871. The molecule has 0 aliphatic heterocycles. The first-order chi connectivity index (χ1) is 6.97. The second-order valence-electron chi connectivity index (χ2n) is 2.87. The summed E-state index contributed by atoms with van der Waals surface area (Å²) in [5.41, 5.74) is 0. The van der Waals surface area contributed by atoms with E-state index < -0.39 is 18.0 Å². The number of rotatable bonds is 6. The number of esters is 2. The van der Waals surface area contributed by atoms with Crippen LogP contribution >= 0.6 is 0 Å². The fourth-order valence-electron chi connectivity index (χ4n) is 0.871. The van der Waals surface area contributed by atoms with E-state index in [4.69, 9.17) is 4.74 Å². The van der Waals surface area contributed by atoms with Crippen LogP contribution in [-0.2, 0) is 23.9 Å². The van der Waals surface area contributed by atoms with Gasteiger partial charge in [0.05, 0.1) is 6.61 Å². The number of carbonyl (C=O) groups is 3. The summed E-state index contributed by atoms with van der Waals surface area (Å²) in [5, 5.41) is 0. The third-order valence-corrected chi connectivity index (χ3v) is 1.55. The molecule has 0 aromatic carbocycles. The van der Waals surface area contributed by atoms with Gasteiger partial charge in [-0.1, -0.05) is 6.58 Å². The van der Waals surface area contributed by atoms with Gasteiger partial charge in [0.2, 0.25) is 0 Å². The van der Waals surface area contributed by atoms with Gasteiger partial charge in [-0.15, -0.1) is 0 Å². The number of hydrogen-bond donors (Lipinski definition) is 0. The molecular formula is C10H14O5. The molecule has 5 heteroatoms. The molecule has 5 nitrogen and oxygen atoms in total. The van der Waals surface area contributed by atoms with Crippen LogP contribution in [0.5, 0.6) is 0 Å². The summed E-state index contributed by atoms with van der Waals surface area (Å²) in [6.07, 6.45) is 0.337. The number of Topliss-reactive ketones (excluding diaryl/α,β-unsaturated/α-hetero) is 1. The highest BCUT2D eigenvalue weighted by molar-refractivity contribution is 5.83. The van der Waals surface area contributed by atoms with Crippen molar-refractivity contribution in [2.24, 2.45) is 0 Å². The summed E-state index contributed by atoms with van der Waals surface area (Å²) < 4.78 is 9.37. The van der Waals surface area contributed by atoms with Gasteiger partial charge in [0, 0.05) is 19.4 Å². The molecule has 84 valence electrons. The zero-order chi connectivity index (χ0) is 11.8. The van der Waals surface area contributed by atoms with Crippen molar-refractivity contribution < 1.29 is 23.9 Å². The van der Waals surface area contributed by atoms with E-state index in [0.29, 0.717) is 0 Å². The minimum atomic E-state index is -0.847. The van der Waals surface area contributed by atoms with Crippen LogP contribution in [0, 0.1) is 0 Å². The molecule has 1 unspecified atom stereocenters. The monoisotopic (exact) mass is 214 g/mol. The standard InChI is InChI=1S/C10H14O5/c1-4-10(13)14-6-5-9(7(2)11)15-8(3)12/h4,9H,1,5-6H2,2-3H3. The third kappa shape index (κ3) is 6.42. The van der Waals surface area contributed by atoms with E-state index >= 15 is 0 Å². The summed E-state index contributed by atoms with van der Waals surface area (Å²) in [7, 11) is 0. The van der Waals surface area contributed by atoms with Gasteiger partial charge in [0.1, 0.15) is 0 Å². The first kappa shape index (κ1) is 13.4. The average Bonchev–Trinajstić information content (AvgIpc) is 2.15. The van der Waals surface area contributed by atoms with E-state index in [2.05, 4.69) is 11.3 Å². The van der Waals surface area contributed by atoms with Crippen molar-refractivity contribution in [1.29, 1.82) is 0 Å². The maximum atomic E-state index is 11.0. The van der Waals surface area contributed by atoms with E-state index in [1.807, 2.05) is 0 Å². The predicted molar refractivity (Wildman–Crippen MR) is 52.0 cm³/mol. The summed E-state index contributed by atoms with van der Waals surface area (Å²) in [4.78, 5) is 32.3. The maximum Gasteiger partial charge on any atom is 0.330 e. The molecule has 1 atom stereocenters. The van der Waals surface area contributed by atoms with Crippen molar-refractivity contribution in [2.75, 3.05) is 6.61 Å². The second kappa shape index (κ2) is 6.75. The predicted octanol–water partition coefficient (Wildman–Crippen LogP) is 0.626. The lowest BCUT2D eigenvalue weighted by Gasteiger charge is -2.13. The van der Waals surface area contributed by atoms with Crippen LogP contribution in [0.4, 0.5) is 0 Å². The van der Waals surface area contributed by atoms with Crippen LogP contribution in [-0.4, -0.2) is 30.4 Å². The zero-order valence-corrected chi connectivity index (χ0v) is 8.82. The van der Waals surface area contributed by atoms with Gasteiger partial charge in [-0.05, 0) is 6.92 Å². The number of carbonyl (C=O) groups excluding carboxylic acids is 3. The van der Waals surface area contributed by atoms with E-state index in [0.717, 1.165) is 6.08 Å². The number of ketones is 1. The summed E-state index contributed by atoms with van der Waals surface area (Å²) in [5.74, 6) is -1.38. The van der Waals surface area contributed by atoms with Gasteiger partial charge in [-0.2, -0.15) is 0 Å². The molecule has 0 heterocycles. The van der Waals surface area contributed by atoms with Crippen LogP contribution in [0.2, 0.25) is 0 Å². The fraction of sp³-hybridized carbons (Fsp3) is 0.500. The van der Waals surface area contributed by atoms with E-state index in [9.17, 15) is 14.4 Å². The van der Waals surface area contributed by atoms with Crippen molar-refractivity contribution in [3.63, 3.8) is 0 Å². The first-order valence-electron chi connectivity index (χ1n) is 4.44. The summed E-state index contributed by atoms with van der Waals surface area (Å²) >= 11 is 0. The molecule has 0 spiro atoms. The topological polar surface area (TPSA) is 69.7 Å². The lowest BCUT2D eigenvalue weighted by molar-refractivity contribution is -0.154. The first-order valence-corrected chi connectivity index (χ1v) is 4.44. The van der Waals surface area contributed by atoms with Gasteiger partial charge in [0.25, 0.3) is 0 Å². The average molecular weight is 214 g/mol. The molecule has 0 saturated carbocycles. The van der Waals surface area contributed by atoms with E-state index in [1.54, 1.807) is 0 Å². The molecule has 0 aromatic rings. The maximum absolute atomic E-state index is 11.0. The van der Waals surface area contributed by atoms with Crippen molar-refractivity contribution in [2.45, 2.75) is 26.4 Å². The number of ether oxygens (including phenoxy) is 2. The van der Waals surface area contributed by atoms with Crippen LogP contribution in [0.1, 0.15) is 20.3 Å². The normalized spacial score (nSPS) is 11.3. The molecule has 0 saturated heterocycles. The molecular weight excluding hydrogens is 200 g/mol. The largest absolute Gasteiger partial charge is 0.462 e. The van der Waals surface area contributed by atoms with Gasteiger partial charge >= 0.3 is 11.9 Å². The molecule has 0 radical (unpaired) electrons. The van der Waals surface area contributed by atoms with Gasteiger partial charge in [-0.3, -0.25) is 9.59 Å². The Kier molecular flexibility index (Phi) is 6.01. The van der Waals surface area contributed by atoms with Gasteiger partial charge in [-0.25, -0.2) is 4.79 Å². The lowest BCUT2D eigenvalue weighted by atomic mass is 10.2. The molecule has 0 aromatic heterocycles. The third-order valence-electron chi connectivity index (χ3n) is 1.55. The SMILES string of the molecule is C=CC(=O)OCCC(OC(C)=O)C(C)=O. The zero-order valence-electron chi connectivity index (χ0n) is 8.82. The summed E-state index contributed by atoms with van der Waals surface area (Å²) in [6.45, 7) is 5.75. The molecule has 0 amide bonds. The summed E-state index contributed by atoms with van der Waals surface area (Å²) in [6, 6.07) is 0. The molecule has 0 rings (SSSR count). The van der Waals surface area contributed by atoms with Crippen molar-refractivity contribution >= 4 is 17.7 Å². The highest BCUT2D eigenvalue weighted by atomic mass is 16.6. The minimum absolute atomic E-state index is 0.0162. The Labute approximate surface area is 88.0 Å². The Morgan fingerprint density at radius 1 is 1.33 bits per heavy atom. The van der Waals surface area contributed by atoms with Crippen LogP contribution in [0.25, 0.3) is 0 Å². The molecule has 0 N–H and O–H groups in total. The Morgan fingerprint density at radius 2 is 1.93 bits per heavy atom. The highest BCUT2D eigenvalue weighted by Crippen LogP contribution is 2.01. The Balaban J connectivity index is 3.96. The molecule has 0 aliphatic rings. The van der Waals surface area contributed by atoms with Gasteiger partial charge < -0.3 is 9.47 Å². The van der Waals surface area contributed by atoms with E-state index in [1.165, 1.54) is 13.8 Å². The van der Waals surface area contributed by atoms with Crippen LogP contribution in [0.15, 0.2) is 12.7 Å².